The Morgan fingerprint density at radius 1 is 1.10 bits per heavy atom. The van der Waals surface area contributed by atoms with Crippen LogP contribution in [-0.2, 0) is 9.22 Å². The first-order chi connectivity index (χ1) is 14.4. The summed E-state index contributed by atoms with van der Waals surface area (Å²) in [6.45, 7) is 19.4. The van der Waals surface area contributed by atoms with Crippen molar-refractivity contribution in [2.75, 3.05) is 0 Å². The minimum absolute atomic E-state index is 0.189. The Morgan fingerprint density at radius 3 is 2.45 bits per heavy atom. The fourth-order valence-corrected chi connectivity index (χ4v) is 9.76. The van der Waals surface area contributed by atoms with E-state index < -0.39 is 9.04 Å². The van der Waals surface area contributed by atoms with Crippen LogP contribution >= 0.6 is 0 Å². The van der Waals surface area contributed by atoms with Gasteiger partial charge in [-0.05, 0) is 103 Å². The van der Waals surface area contributed by atoms with E-state index in [0.717, 1.165) is 24.7 Å². The average Bonchev–Trinajstić information content (AvgIpc) is 3.02. The van der Waals surface area contributed by atoms with Crippen molar-refractivity contribution in [3.05, 3.63) is 23.8 Å². The van der Waals surface area contributed by atoms with Gasteiger partial charge >= 0.3 is 0 Å². The molecule has 0 spiro atoms. The van der Waals surface area contributed by atoms with Crippen molar-refractivity contribution in [3.8, 4) is 0 Å². The van der Waals surface area contributed by atoms with E-state index in [0.29, 0.717) is 35.1 Å². The molecule has 174 valence electrons. The molecule has 0 saturated heterocycles. The van der Waals surface area contributed by atoms with Crippen LogP contribution in [0.5, 0.6) is 0 Å². The smallest absolute Gasteiger partial charge is 0.171 e. The molecule has 4 aliphatic carbocycles. The number of carbonyl (C=O) groups is 1. The van der Waals surface area contributed by atoms with Crippen molar-refractivity contribution in [1.29, 1.82) is 0 Å². The SMILES string of the molecule is CC(C(O[SiH](C)C)C(C)(C)C)[C@H]1CC[C@H]2[C@@H]3C=CC4=CC(=O)CC[C@]4(C)[C@H]3CC[C@]12C. The average molecular weight is 443 g/mol. The van der Waals surface area contributed by atoms with E-state index in [9.17, 15) is 4.79 Å². The fourth-order valence-electron chi connectivity index (χ4n) is 8.52. The van der Waals surface area contributed by atoms with Gasteiger partial charge in [-0.2, -0.15) is 0 Å². The number of hydrogen-bond donors (Lipinski definition) is 0. The molecule has 0 bridgehead atoms. The van der Waals surface area contributed by atoms with Crippen LogP contribution in [0.2, 0.25) is 13.1 Å². The van der Waals surface area contributed by atoms with Gasteiger partial charge in [-0.1, -0.05) is 53.7 Å². The summed E-state index contributed by atoms with van der Waals surface area (Å²) in [5.74, 6) is 3.85. The summed E-state index contributed by atoms with van der Waals surface area (Å²) in [5.41, 5.74) is 2.13. The van der Waals surface area contributed by atoms with Crippen molar-refractivity contribution in [1.82, 2.24) is 0 Å². The van der Waals surface area contributed by atoms with Crippen LogP contribution in [0.1, 0.15) is 80.1 Å². The Kier molecular flexibility index (Phi) is 6.04. The molecule has 0 radical (unpaired) electrons. The molecule has 3 heteroatoms. The molecule has 0 aromatic carbocycles. The van der Waals surface area contributed by atoms with Gasteiger partial charge in [0.15, 0.2) is 14.8 Å². The van der Waals surface area contributed by atoms with Gasteiger partial charge in [0.1, 0.15) is 0 Å². The van der Waals surface area contributed by atoms with Crippen LogP contribution in [0.4, 0.5) is 0 Å². The third kappa shape index (κ3) is 3.86. The van der Waals surface area contributed by atoms with Gasteiger partial charge in [0.25, 0.3) is 0 Å². The predicted molar refractivity (Wildman–Crippen MR) is 132 cm³/mol. The highest BCUT2D eigenvalue weighted by molar-refractivity contribution is 6.48. The molecule has 0 aromatic heterocycles. The second kappa shape index (κ2) is 7.97. The van der Waals surface area contributed by atoms with Crippen LogP contribution in [-0.4, -0.2) is 20.9 Å². The van der Waals surface area contributed by atoms with Gasteiger partial charge < -0.3 is 4.43 Å². The zero-order chi connectivity index (χ0) is 22.8. The number of rotatable bonds is 4. The highest BCUT2D eigenvalue weighted by Crippen LogP contribution is 2.66. The largest absolute Gasteiger partial charge is 0.417 e. The van der Waals surface area contributed by atoms with E-state index in [-0.39, 0.29) is 10.8 Å². The Balaban J connectivity index is 1.62. The number of carbonyl (C=O) groups excluding carboxylic acids is 1. The van der Waals surface area contributed by atoms with Crippen LogP contribution < -0.4 is 0 Å². The summed E-state index contributed by atoms with van der Waals surface area (Å²) < 4.78 is 6.70. The van der Waals surface area contributed by atoms with Crippen molar-refractivity contribution in [2.24, 2.45) is 45.8 Å². The van der Waals surface area contributed by atoms with Crippen LogP contribution in [0.15, 0.2) is 23.8 Å². The summed E-state index contributed by atoms with van der Waals surface area (Å²) in [7, 11) is -1.09. The molecule has 2 fully saturated rings. The van der Waals surface area contributed by atoms with E-state index in [1.165, 1.54) is 31.3 Å². The molecule has 4 rings (SSSR count). The Labute approximate surface area is 193 Å². The predicted octanol–water partition coefficient (Wildman–Crippen LogP) is 6.96. The van der Waals surface area contributed by atoms with Crippen molar-refractivity contribution in [2.45, 2.75) is 99.3 Å². The quantitative estimate of drug-likeness (QED) is 0.440. The second-order valence-electron chi connectivity index (χ2n) is 13.2. The maximum Gasteiger partial charge on any atom is 0.171 e. The third-order valence-electron chi connectivity index (χ3n) is 9.97. The molecular formula is C28H46O2Si. The molecular weight excluding hydrogens is 396 g/mol. The zero-order valence-electron chi connectivity index (χ0n) is 21.3. The second-order valence-corrected chi connectivity index (χ2v) is 15.6. The number of ketones is 1. The minimum Gasteiger partial charge on any atom is -0.417 e. The Morgan fingerprint density at radius 2 is 1.81 bits per heavy atom. The molecule has 0 heterocycles. The summed E-state index contributed by atoms with van der Waals surface area (Å²) in [5, 5.41) is 0. The summed E-state index contributed by atoms with van der Waals surface area (Å²) >= 11 is 0. The van der Waals surface area contributed by atoms with E-state index in [4.69, 9.17) is 4.43 Å². The molecule has 8 atom stereocenters. The van der Waals surface area contributed by atoms with Gasteiger partial charge in [-0.3, -0.25) is 4.79 Å². The molecule has 2 nitrogen and oxygen atoms in total. The monoisotopic (exact) mass is 442 g/mol. The summed E-state index contributed by atoms with van der Waals surface area (Å²) in [6.07, 6.45) is 14.3. The molecule has 2 unspecified atom stereocenters. The van der Waals surface area contributed by atoms with Crippen molar-refractivity contribution >= 4 is 14.8 Å². The molecule has 31 heavy (non-hydrogen) atoms. The lowest BCUT2D eigenvalue weighted by atomic mass is 9.48. The van der Waals surface area contributed by atoms with Gasteiger partial charge in [0.2, 0.25) is 0 Å². The number of hydrogen-bond acceptors (Lipinski definition) is 2. The highest BCUT2D eigenvalue weighted by atomic mass is 28.3. The number of allylic oxidation sites excluding steroid dienone is 4. The van der Waals surface area contributed by atoms with Gasteiger partial charge in [-0.15, -0.1) is 0 Å². The third-order valence-corrected chi connectivity index (χ3v) is 10.8. The maximum absolute atomic E-state index is 12.1. The van der Waals surface area contributed by atoms with Gasteiger partial charge in [0, 0.05) is 6.42 Å². The topological polar surface area (TPSA) is 26.3 Å². The van der Waals surface area contributed by atoms with Gasteiger partial charge in [0.05, 0.1) is 6.10 Å². The Hall–Kier alpha value is -0.673. The first-order valence-electron chi connectivity index (χ1n) is 13.0. The first-order valence-corrected chi connectivity index (χ1v) is 15.7. The number of fused-ring (bicyclic) bond motifs is 5. The lowest BCUT2D eigenvalue weighted by Gasteiger charge is -2.57. The summed E-state index contributed by atoms with van der Waals surface area (Å²) in [4.78, 5) is 12.1. The van der Waals surface area contributed by atoms with Crippen LogP contribution in [0, 0.1) is 45.8 Å². The molecule has 0 N–H and O–H groups in total. The molecule has 2 saturated carbocycles. The minimum atomic E-state index is -1.09. The standard InChI is InChI=1S/C28H46O2Si/c1-18(25(26(2,3)4)30-31(7)8)22-11-12-23-21-10-9-19-17-20(29)13-15-27(19,5)24(21)14-16-28(22,23)6/h9-10,17-18,21-25,31H,11-16H2,1-8H3/t18?,21-,22+,23-,24-,25?,27-,28+/m0/s1. The van der Waals surface area contributed by atoms with Gasteiger partial charge in [-0.25, -0.2) is 0 Å². The molecule has 0 aromatic rings. The van der Waals surface area contributed by atoms with Crippen molar-refractivity contribution < 1.29 is 9.22 Å². The molecule has 0 aliphatic heterocycles. The maximum atomic E-state index is 12.1. The molecule has 0 amide bonds. The van der Waals surface area contributed by atoms with E-state index in [1.807, 2.05) is 6.08 Å². The lowest BCUT2D eigenvalue weighted by molar-refractivity contribution is -0.116. The van der Waals surface area contributed by atoms with Crippen LogP contribution in [0.25, 0.3) is 0 Å². The van der Waals surface area contributed by atoms with E-state index >= 15 is 0 Å². The van der Waals surface area contributed by atoms with Crippen LogP contribution in [0.3, 0.4) is 0 Å². The van der Waals surface area contributed by atoms with Crippen molar-refractivity contribution in [3.63, 3.8) is 0 Å². The fraction of sp³-hybridized carbons (Fsp3) is 0.821. The highest BCUT2D eigenvalue weighted by Gasteiger charge is 2.59. The lowest BCUT2D eigenvalue weighted by Crippen LogP contribution is -2.51. The first kappa shape index (κ1) is 23.5. The zero-order valence-corrected chi connectivity index (χ0v) is 22.5. The normalized spacial score (nSPS) is 42.0. The summed E-state index contributed by atoms with van der Waals surface area (Å²) in [6, 6.07) is 0. The van der Waals surface area contributed by atoms with E-state index in [1.54, 1.807) is 0 Å². The Bertz CT molecular complexity index is 774. The molecule has 4 aliphatic rings. The van der Waals surface area contributed by atoms with E-state index in [2.05, 4.69) is 66.8 Å².